The Morgan fingerprint density at radius 3 is 2.50 bits per heavy atom. The van der Waals surface area contributed by atoms with Gasteiger partial charge in [-0.25, -0.2) is 9.07 Å². The monoisotopic (exact) mass is 291 g/mol. The largest absolute Gasteiger partial charge is 0.364 e. The number of nitrogens with zero attached hydrogens (tertiary/aromatic N) is 4. The van der Waals surface area contributed by atoms with Crippen LogP contribution in [0.15, 0.2) is 34.5 Å². The highest BCUT2D eigenvalue weighted by Gasteiger charge is 2.13. The number of hydrogen-bond donors (Lipinski definition) is 1. The van der Waals surface area contributed by atoms with Crippen LogP contribution in [0.4, 0.5) is 15.8 Å². The molecule has 2 rings (SSSR count). The number of aryl methyl sites for hydroxylation is 1. The summed E-state index contributed by atoms with van der Waals surface area (Å²) in [5.41, 5.74) is 2.76. The first kappa shape index (κ1) is 14.3. The van der Waals surface area contributed by atoms with Gasteiger partial charge in [-0.2, -0.15) is 10.2 Å². The van der Waals surface area contributed by atoms with Crippen LogP contribution in [0.2, 0.25) is 0 Å². The average molecular weight is 291 g/mol. The number of aromatic nitrogens is 2. The van der Waals surface area contributed by atoms with Crippen LogP contribution in [-0.4, -0.2) is 21.9 Å². The molecule has 1 aromatic carbocycles. The van der Waals surface area contributed by atoms with Crippen molar-refractivity contribution in [1.82, 2.24) is 15.1 Å². The maximum atomic E-state index is 12.8. The van der Waals surface area contributed by atoms with E-state index in [9.17, 15) is 4.39 Å². The van der Waals surface area contributed by atoms with Crippen LogP contribution in [0.1, 0.15) is 11.4 Å². The van der Waals surface area contributed by atoms with Crippen molar-refractivity contribution in [2.75, 3.05) is 7.05 Å². The highest BCUT2D eigenvalue weighted by molar-refractivity contribution is 7.80. The minimum absolute atomic E-state index is 0.302. The van der Waals surface area contributed by atoms with Gasteiger partial charge in [-0.15, -0.1) is 5.11 Å². The lowest BCUT2D eigenvalue weighted by atomic mass is 10.3. The Bertz CT molecular complexity index is 660. The molecule has 2 aromatic rings. The summed E-state index contributed by atoms with van der Waals surface area (Å²) in [7, 11) is 1.73. The number of benzene rings is 1. The van der Waals surface area contributed by atoms with E-state index in [1.807, 2.05) is 13.8 Å². The van der Waals surface area contributed by atoms with Crippen molar-refractivity contribution in [2.24, 2.45) is 10.2 Å². The van der Waals surface area contributed by atoms with Crippen LogP contribution in [0, 0.1) is 19.7 Å². The van der Waals surface area contributed by atoms with Gasteiger partial charge in [0.2, 0.25) is 0 Å². The second-order valence-electron chi connectivity index (χ2n) is 4.16. The van der Waals surface area contributed by atoms with Crippen molar-refractivity contribution >= 4 is 28.7 Å². The molecule has 0 saturated heterocycles. The second-order valence-corrected chi connectivity index (χ2v) is 4.55. The number of thiocarbonyl (C=S) groups is 1. The average Bonchev–Trinajstić information content (AvgIpc) is 2.73. The lowest BCUT2D eigenvalue weighted by molar-refractivity contribution is 0.628. The van der Waals surface area contributed by atoms with E-state index in [4.69, 9.17) is 12.2 Å². The van der Waals surface area contributed by atoms with Crippen molar-refractivity contribution < 1.29 is 4.39 Å². The maximum absolute atomic E-state index is 12.8. The highest BCUT2D eigenvalue weighted by atomic mass is 32.1. The van der Waals surface area contributed by atoms with Crippen molar-refractivity contribution in [1.29, 1.82) is 0 Å². The maximum Gasteiger partial charge on any atom is 0.193 e. The number of nitrogens with one attached hydrogen (secondary N) is 1. The Labute approximate surface area is 121 Å². The van der Waals surface area contributed by atoms with E-state index in [-0.39, 0.29) is 5.82 Å². The third-order valence-corrected chi connectivity index (χ3v) is 3.13. The molecule has 5 nitrogen and oxygen atoms in total. The van der Waals surface area contributed by atoms with Gasteiger partial charge in [0.05, 0.1) is 17.1 Å². The van der Waals surface area contributed by atoms with E-state index < -0.39 is 0 Å². The van der Waals surface area contributed by atoms with Crippen LogP contribution in [0.3, 0.4) is 0 Å². The fraction of sp³-hybridized carbons (Fsp3) is 0.231. The predicted octanol–water partition coefficient (Wildman–Crippen LogP) is 3.41. The van der Waals surface area contributed by atoms with Crippen molar-refractivity contribution in [3.63, 3.8) is 0 Å². The topological polar surface area (TPSA) is 54.6 Å². The lowest BCUT2D eigenvalue weighted by Crippen LogP contribution is -2.26. The summed E-state index contributed by atoms with van der Waals surface area (Å²) in [5, 5.41) is 15.9. The lowest BCUT2D eigenvalue weighted by Gasteiger charge is -2.03. The van der Waals surface area contributed by atoms with Gasteiger partial charge < -0.3 is 5.32 Å². The van der Waals surface area contributed by atoms with E-state index in [0.29, 0.717) is 16.5 Å². The zero-order valence-electron chi connectivity index (χ0n) is 11.4. The molecule has 0 bridgehead atoms. The molecule has 7 heteroatoms. The van der Waals surface area contributed by atoms with E-state index in [2.05, 4.69) is 20.6 Å². The minimum atomic E-state index is -0.302. The normalized spacial score (nSPS) is 11.0. The first-order valence-corrected chi connectivity index (χ1v) is 6.39. The van der Waals surface area contributed by atoms with E-state index in [1.165, 1.54) is 12.1 Å². The highest BCUT2D eigenvalue weighted by Crippen LogP contribution is 2.25. The molecule has 104 valence electrons. The Morgan fingerprint density at radius 1 is 1.25 bits per heavy atom. The van der Waals surface area contributed by atoms with Crippen LogP contribution >= 0.6 is 12.2 Å². The molecular weight excluding hydrogens is 277 g/mol. The molecule has 0 fully saturated rings. The molecule has 0 amide bonds. The molecule has 20 heavy (non-hydrogen) atoms. The number of hydrogen-bond acceptors (Lipinski definition) is 4. The Balaban J connectivity index is 2.32. The summed E-state index contributed by atoms with van der Waals surface area (Å²) < 4.78 is 14.4. The third kappa shape index (κ3) is 2.88. The molecule has 0 unspecified atom stereocenters. The molecule has 0 aliphatic carbocycles. The minimum Gasteiger partial charge on any atom is -0.364 e. The third-order valence-electron chi connectivity index (χ3n) is 2.75. The summed E-state index contributed by atoms with van der Waals surface area (Å²) in [6.07, 6.45) is 0. The Hall–Kier alpha value is -2.15. The fourth-order valence-corrected chi connectivity index (χ4v) is 1.88. The van der Waals surface area contributed by atoms with Crippen molar-refractivity contribution in [3.05, 3.63) is 41.5 Å². The Morgan fingerprint density at radius 2 is 1.90 bits per heavy atom. The summed E-state index contributed by atoms with van der Waals surface area (Å²) in [6, 6.07) is 5.81. The molecule has 0 saturated carbocycles. The molecule has 0 aliphatic heterocycles. The predicted molar refractivity (Wildman–Crippen MR) is 79.3 cm³/mol. The summed E-state index contributed by atoms with van der Waals surface area (Å²) >= 11 is 5.15. The number of rotatable bonds is 2. The second kappa shape index (κ2) is 5.87. The molecule has 0 spiro atoms. The molecule has 1 aromatic heterocycles. The standard InChI is InChI=1S/C13H14FN5S/c1-8-12(9(2)19(18-8)13(20)15-3)17-16-11-6-4-10(14)5-7-11/h4-7H,1-3H3,(H,15,20). The summed E-state index contributed by atoms with van der Waals surface area (Å²) in [6.45, 7) is 3.70. The molecular formula is C13H14FN5S. The smallest absolute Gasteiger partial charge is 0.193 e. The van der Waals surface area contributed by atoms with Gasteiger partial charge in [0.1, 0.15) is 11.5 Å². The van der Waals surface area contributed by atoms with Crippen LogP contribution in [0.5, 0.6) is 0 Å². The van der Waals surface area contributed by atoms with Crippen molar-refractivity contribution in [2.45, 2.75) is 13.8 Å². The van der Waals surface area contributed by atoms with Crippen molar-refractivity contribution in [3.8, 4) is 0 Å². The van der Waals surface area contributed by atoms with Gasteiger partial charge in [0.25, 0.3) is 0 Å². The quantitative estimate of drug-likeness (QED) is 0.681. The molecule has 1 N–H and O–H groups in total. The van der Waals surface area contributed by atoms with Gasteiger partial charge in [-0.05, 0) is 50.3 Å². The zero-order valence-corrected chi connectivity index (χ0v) is 12.2. The summed E-state index contributed by atoms with van der Waals surface area (Å²) in [4.78, 5) is 0. The van der Waals surface area contributed by atoms with E-state index in [1.54, 1.807) is 23.9 Å². The number of halogens is 1. The van der Waals surface area contributed by atoms with E-state index in [0.717, 1.165) is 11.4 Å². The van der Waals surface area contributed by atoms with Crippen LogP contribution in [-0.2, 0) is 0 Å². The molecule has 0 aliphatic rings. The van der Waals surface area contributed by atoms with Gasteiger partial charge in [0.15, 0.2) is 5.11 Å². The molecule has 1 heterocycles. The van der Waals surface area contributed by atoms with Crippen LogP contribution < -0.4 is 5.32 Å². The Kier molecular flexibility index (Phi) is 4.19. The zero-order chi connectivity index (χ0) is 14.7. The fourth-order valence-electron chi connectivity index (χ4n) is 1.70. The first-order chi connectivity index (χ1) is 9.52. The van der Waals surface area contributed by atoms with E-state index >= 15 is 0 Å². The van der Waals surface area contributed by atoms with Gasteiger partial charge in [0, 0.05) is 7.05 Å². The first-order valence-electron chi connectivity index (χ1n) is 5.98. The van der Waals surface area contributed by atoms with Gasteiger partial charge in [-0.1, -0.05) is 0 Å². The van der Waals surface area contributed by atoms with Gasteiger partial charge in [-0.3, -0.25) is 0 Å². The van der Waals surface area contributed by atoms with Crippen LogP contribution in [0.25, 0.3) is 0 Å². The van der Waals surface area contributed by atoms with Gasteiger partial charge >= 0.3 is 0 Å². The SMILES string of the molecule is CNC(=S)n1nc(C)c(N=Nc2ccc(F)cc2)c1C. The number of azo groups is 1. The molecule has 0 atom stereocenters. The molecule has 0 radical (unpaired) electrons. The summed E-state index contributed by atoms with van der Waals surface area (Å²) in [5.74, 6) is -0.302.